The van der Waals surface area contributed by atoms with Gasteiger partial charge < -0.3 is 9.80 Å². The Hall–Kier alpha value is -2.93. The van der Waals surface area contributed by atoms with E-state index < -0.39 is 27.0 Å². The van der Waals surface area contributed by atoms with E-state index in [1.165, 1.54) is 16.7 Å². The Bertz CT molecular complexity index is 1550. The zero-order valence-electron chi connectivity index (χ0n) is 20.4. The molecule has 0 bridgehead atoms. The number of aromatic nitrogens is 4. The first-order valence-corrected chi connectivity index (χ1v) is 14.4. The zero-order valence-corrected chi connectivity index (χ0v) is 22.7. The number of anilines is 1. The Morgan fingerprint density at radius 2 is 1.92 bits per heavy atom. The number of rotatable bonds is 7. The number of alkyl halides is 2. The number of carbonyl (C=O) groups is 1. The van der Waals surface area contributed by atoms with E-state index in [4.69, 9.17) is 11.6 Å². The molecular formula is C22H23ClF2N8O3S2. The van der Waals surface area contributed by atoms with Crippen LogP contribution in [0.4, 0.5) is 14.5 Å². The van der Waals surface area contributed by atoms with E-state index in [1.54, 1.807) is 4.90 Å². The third-order valence-corrected chi connectivity index (χ3v) is 9.19. The highest BCUT2D eigenvalue weighted by atomic mass is 35.5. The van der Waals surface area contributed by atoms with E-state index in [2.05, 4.69) is 19.9 Å². The number of hydrogen-bond donors (Lipinski definition) is 1. The molecule has 1 N–H and O–H groups in total. The monoisotopic (exact) mass is 584 g/mol. The second kappa shape index (κ2) is 9.67. The summed E-state index contributed by atoms with van der Waals surface area (Å²) < 4.78 is 57.0. The Labute approximate surface area is 226 Å². The lowest BCUT2D eigenvalue weighted by atomic mass is 10.1. The maximum atomic E-state index is 13.4. The zero-order chi connectivity index (χ0) is 27.4. The van der Waals surface area contributed by atoms with Crippen LogP contribution >= 0.6 is 22.9 Å². The summed E-state index contributed by atoms with van der Waals surface area (Å²) in [5.74, 6) is -0.0698. The summed E-state index contributed by atoms with van der Waals surface area (Å²) in [7, 11) is -4.16. The van der Waals surface area contributed by atoms with Crippen molar-refractivity contribution in [2.24, 2.45) is 5.92 Å². The molecule has 0 unspecified atom stereocenters. The fourth-order valence-electron chi connectivity index (χ4n) is 4.29. The molecule has 202 valence electrons. The van der Waals surface area contributed by atoms with Crippen molar-refractivity contribution in [3.63, 3.8) is 0 Å². The molecule has 1 amide bonds. The maximum Gasteiger partial charge on any atom is 0.291 e. The third-order valence-electron chi connectivity index (χ3n) is 6.50. The fourth-order valence-corrected chi connectivity index (χ4v) is 6.64. The van der Waals surface area contributed by atoms with E-state index in [-0.39, 0.29) is 32.7 Å². The number of piperazine rings is 1. The number of amides is 1. The molecule has 3 aromatic rings. The molecule has 0 spiro atoms. The molecule has 1 aliphatic carbocycles. The lowest BCUT2D eigenvalue weighted by molar-refractivity contribution is -0.134. The number of imidazole rings is 1. The van der Waals surface area contributed by atoms with Gasteiger partial charge >= 0.3 is 0 Å². The van der Waals surface area contributed by atoms with Gasteiger partial charge in [-0.3, -0.25) is 9.20 Å². The molecule has 38 heavy (non-hydrogen) atoms. The van der Waals surface area contributed by atoms with E-state index in [0.29, 0.717) is 61.6 Å². The fraction of sp³-hybridized carbons (Fsp3) is 0.500. The molecule has 0 radical (unpaired) electrons. The number of nitrogens with zero attached hydrogens (tertiary/aromatic N) is 7. The summed E-state index contributed by atoms with van der Waals surface area (Å²) in [4.78, 5) is 20.3. The van der Waals surface area contributed by atoms with Gasteiger partial charge in [0.05, 0.1) is 11.8 Å². The number of sulfonamides is 1. The highest BCUT2D eigenvalue weighted by Gasteiger charge is 2.47. The molecule has 2 fully saturated rings. The summed E-state index contributed by atoms with van der Waals surface area (Å²) >= 11 is 7.15. The summed E-state index contributed by atoms with van der Waals surface area (Å²) in [6, 6.07) is 3.46. The van der Waals surface area contributed by atoms with Gasteiger partial charge in [-0.15, -0.1) is 10.2 Å². The molecule has 1 aliphatic heterocycles. The summed E-state index contributed by atoms with van der Waals surface area (Å²) in [6.45, 7) is 5.30. The topological polar surface area (TPSA) is 137 Å². The van der Waals surface area contributed by atoms with E-state index in [0.717, 1.165) is 0 Å². The van der Waals surface area contributed by atoms with Crippen molar-refractivity contribution in [1.82, 2.24) is 29.2 Å². The van der Waals surface area contributed by atoms with Gasteiger partial charge in [-0.2, -0.15) is 9.98 Å². The molecule has 4 heterocycles. The van der Waals surface area contributed by atoms with Crippen LogP contribution in [-0.4, -0.2) is 70.5 Å². The normalized spacial score (nSPS) is 17.4. The Balaban J connectivity index is 1.62. The molecule has 1 saturated carbocycles. The molecule has 0 atom stereocenters. The second-order valence-electron chi connectivity index (χ2n) is 9.52. The van der Waals surface area contributed by atoms with Crippen molar-refractivity contribution in [2.45, 2.75) is 43.5 Å². The number of carbonyl (C=O) groups excluding carboxylic acids is 1. The van der Waals surface area contributed by atoms with Crippen LogP contribution in [0.2, 0.25) is 5.15 Å². The molecule has 2 aliphatic rings. The van der Waals surface area contributed by atoms with E-state index >= 15 is 0 Å². The van der Waals surface area contributed by atoms with Crippen molar-refractivity contribution in [1.29, 1.82) is 5.26 Å². The van der Waals surface area contributed by atoms with Gasteiger partial charge in [-0.1, -0.05) is 36.8 Å². The number of hydrogen-bond acceptors (Lipinski definition) is 9. The van der Waals surface area contributed by atoms with Crippen LogP contribution in [0.3, 0.4) is 0 Å². The van der Waals surface area contributed by atoms with Crippen LogP contribution < -0.4 is 9.62 Å². The molecule has 0 aromatic carbocycles. The smallest absolute Gasteiger partial charge is 0.291 e. The minimum absolute atomic E-state index is 0.0251. The maximum absolute atomic E-state index is 13.4. The number of nitrogens with one attached hydrogen (secondary N) is 1. The molecular weight excluding hydrogens is 562 g/mol. The first kappa shape index (κ1) is 26.7. The van der Waals surface area contributed by atoms with Crippen LogP contribution in [-0.2, 0) is 14.8 Å². The van der Waals surface area contributed by atoms with E-state index in [9.17, 15) is 27.3 Å². The third kappa shape index (κ3) is 4.81. The average Bonchev–Trinajstić information content (AvgIpc) is 3.31. The standard InChI is InChI=1S/C22H23ClF2N8O3S2/c1-12(2)21(34)32-7-5-31(6-8-32)14-9-13(38(35,36)30-22(11-26)3-4-22)10-33-15(14)16(23)27-18(33)20-29-28-19(37-20)17(24)25/h9-10,12,17,30H,3-8H2,1-2H3. The first-order valence-electron chi connectivity index (χ1n) is 11.8. The van der Waals surface area contributed by atoms with Crippen molar-refractivity contribution >= 4 is 50.1 Å². The van der Waals surface area contributed by atoms with Gasteiger partial charge in [0.15, 0.2) is 21.0 Å². The lowest BCUT2D eigenvalue weighted by Crippen LogP contribution is -2.50. The first-order chi connectivity index (χ1) is 17.9. The van der Waals surface area contributed by atoms with Gasteiger partial charge in [0, 0.05) is 38.3 Å². The van der Waals surface area contributed by atoms with Crippen LogP contribution in [0, 0.1) is 17.2 Å². The largest absolute Gasteiger partial charge is 0.366 e. The Morgan fingerprint density at radius 1 is 1.24 bits per heavy atom. The highest BCUT2D eigenvalue weighted by molar-refractivity contribution is 7.89. The minimum Gasteiger partial charge on any atom is -0.366 e. The van der Waals surface area contributed by atoms with E-state index in [1.807, 2.05) is 24.8 Å². The average molecular weight is 585 g/mol. The SMILES string of the molecule is CC(C)C(=O)N1CCN(c2cc(S(=O)(=O)NC3(C#N)CC3)cn3c(-c4nnc(C(F)F)s4)nc(Cl)c23)CC1. The van der Waals surface area contributed by atoms with Crippen LogP contribution in [0.1, 0.15) is 38.1 Å². The number of fused-ring (bicyclic) bond motifs is 1. The Kier molecular flexibility index (Phi) is 6.79. The van der Waals surface area contributed by atoms with Gasteiger partial charge in [-0.25, -0.2) is 22.2 Å². The second-order valence-corrected chi connectivity index (χ2v) is 12.6. The number of pyridine rings is 1. The summed E-state index contributed by atoms with van der Waals surface area (Å²) in [5, 5.41) is 16.3. The predicted octanol–water partition coefficient (Wildman–Crippen LogP) is 3.08. The highest BCUT2D eigenvalue weighted by Crippen LogP contribution is 2.39. The minimum atomic E-state index is -4.16. The van der Waals surface area contributed by atoms with Crippen molar-refractivity contribution in [2.75, 3.05) is 31.1 Å². The number of halogens is 3. The molecule has 11 nitrogen and oxygen atoms in total. The van der Waals surface area contributed by atoms with Gasteiger partial charge in [-0.05, 0) is 18.9 Å². The predicted molar refractivity (Wildman–Crippen MR) is 136 cm³/mol. The van der Waals surface area contributed by atoms with Crippen molar-refractivity contribution in [3.8, 4) is 16.9 Å². The van der Waals surface area contributed by atoms with Crippen molar-refractivity contribution < 1.29 is 22.0 Å². The molecule has 5 rings (SSSR count). The molecule has 16 heteroatoms. The van der Waals surface area contributed by atoms with Crippen LogP contribution in [0.15, 0.2) is 17.2 Å². The summed E-state index contributed by atoms with van der Waals surface area (Å²) in [6.07, 6.45) is -0.755. The van der Waals surface area contributed by atoms with Gasteiger partial charge in [0.2, 0.25) is 15.9 Å². The lowest BCUT2D eigenvalue weighted by Gasteiger charge is -2.37. The van der Waals surface area contributed by atoms with Crippen LogP contribution in [0.5, 0.6) is 0 Å². The summed E-state index contributed by atoms with van der Waals surface area (Å²) in [5.41, 5.74) is -0.356. The van der Waals surface area contributed by atoms with Crippen molar-refractivity contribution in [3.05, 3.63) is 22.4 Å². The number of nitriles is 1. The quantitative estimate of drug-likeness (QED) is 0.447. The molecule has 1 saturated heterocycles. The Morgan fingerprint density at radius 3 is 2.47 bits per heavy atom. The van der Waals surface area contributed by atoms with Crippen LogP contribution in [0.25, 0.3) is 16.3 Å². The van der Waals surface area contributed by atoms with Gasteiger partial charge in [0.1, 0.15) is 16.0 Å². The van der Waals surface area contributed by atoms with Gasteiger partial charge in [0.25, 0.3) is 6.43 Å². The molecule has 3 aromatic heterocycles.